The molecule has 3 heterocycles. The second-order valence-corrected chi connectivity index (χ2v) is 14.7. The van der Waals surface area contributed by atoms with Gasteiger partial charge in [-0.2, -0.15) is 18.0 Å². The topological polar surface area (TPSA) is 156 Å². The minimum atomic E-state index is -4.00. The second-order valence-electron chi connectivity index (χ2n) is 12.9. The Bertz CT molecular complexity index is 1880. The molecule has 1 atom stereocenters. The molecule has 2 fully saturated rings. The van der Waals surface area contributed by atoms with E-state index in [9.17, 15) is 27.7 Å². The van der Waals surface area contributed by atoms with Gasteiger partial charge in [0.05, 0.1) is 35.1 Å². The summed E-state index contributed by atoms with van der Waals surface area (Å²) < 4.78 is 62.4. The van der Waals surface area contributed by atoms with Gasteiger partial charge in [0.15, 0.2) is 11.6 Å². The number of carbonyl (C=O) groups excluding carboxylic acids is 1. The van der Waals surface area contributed by atoms with E-state index >= 15 is 0 Å². The Labute approximate surface area is 273 Å². The highest BCUT2D eigenvalue weighted by Gasteiger charge is 2.44. The Morgan fingerprint density at radius 2 is 1.98 bits per heavy atom. The Hall–Kier alpha value is -4.26. The predicted octanol–water partition coefficient (Wildman–Crippen LogP) is 4.61. The standard InChI is InChI=1S/C32H39FN6O7S/c1-6-37(5)47(42,43)36-27-10-8-25(33)28(24(27)17-34)45-22-7-9-26-23(15-22)29(40)39(20-35-26)18-21-16-32(44-19-21)11-13-38(14-12-32)30(41)46-31(2,3)4/h7-10,15,20-21,36H,6,11-14,16,18-19H2,1-5H3. The van der Waals surface area contributed by atoms with Crippen LogP contribution in [-0.2, 0) is 26.2 Å². The Morgan fingerprint density at radius 3 is 2.64 bits per heavy atom. The summed E-state index contributed by atoms with van der Waals surface area (Å²) in [6.07, 6.45) is 3.23. The van der Waals surface area contributed by atoms with Crippen molar-refractivity contribution in [3.8, 4) is 17.6 Å². The molecular weight excluding hydrogens is 631 g/mol. The maximum Gasteiger partial charge on any atom is 0.410 e. The lowest BCUT2D eigenvalue weighted by Crippen LogP contribution is -2.48. The van der Waals surface area contributed by atoms with Gasteiger partial charge < -0.3 is 19.1 Å². The molecule has 2 aliphatic heterocycles. The second kappa shape index (κ2) is 13.1. The summed E-state index contributed by atoms with van der Waals surface area (Å²) in [6, 6.07) is 8.41. The smallest absolute Gasteiger partial charge is 0.410 e. The van der Waals surface area contributed by atoms with Gasteiger partial charge in [-0.15, -0.1) is 0 Å². The largest absolute Gasteiger partial charge is 0.453 e. The van der Waals surface area contributed by atoms with E-state index in [1.165, 1.54) is 30.1 Å². The zero-order chi connectivity index (χ0) is 34.1. The number of aromatic nitrogens is 2. The molecule has 15 heteroatoms. The average molecular weight is 671 g/mol. The Kier molecular flexibility index (Phi) is 9.50. The number of ether oxygens (including phenoxy) is 3. The van der Waals surface area contributed by atoms with E-state index < -0.39 is 27.4 Å². The molecule has 2 saturated heterocycles. The molecule has 1 aromatic heterocycles. The number of fused-ring (bicyclic) bond motifs is 1. The summed E-state index contributed by atoms with van der Waals surface area (Å²) in [7, 11) is -2.64. The van der Waals surface area contributed by atoms with E-state index in [1.54, 1.807) is 17.9 Å². The molecule has 1 unspecified atom stereocenters. The third-order valence-electron chi connectivity index (χ3n) is 8.40. The number of halogens is 1. The number of nitriles is 1. The van der Waals surface area contributed by atoms with Crippen molar-refractivity contribution < 1.29 is 31.8 Å². The number of likely N-dealkylation sites (tertiary alicyclic amines) is 1. The lowest BCUT2D eigenvalue weighted by atomic mass is 9.85. The zero-order valence-corrected chi connectivity index (χ0v) is 27.9. The predicted molar refractivity (Wildman–Crippen MR) is 172 cm³/mol. The fourth-order valence-corrected chi connectivity index (χ4v) is 6.74. The van der Waals surface area contributed by atoms with Crippen LogP contribution < -0.4 is 15.0 Å². The van der Waals surface area contributed by atoms with Gasteiger partial charge in [0, 0.05) is 39.1 Å². The van der Waals surface area contributed by atoms with Gasteiger partial charge in [0.1, 0.15) is 23.0 Å². The number of hydrogen-bond acceptors (Lipinski definition) is 9. The van der Waals surface area contributed by atoms with Crippen LogP contribution in [0.15, 0.2) is 41.5 Å². The number of amides is 1. The van der Waals surface area contributed by atoms with Crippen molar-refractivity contribution in [1.82, 2.24) is 18.8 Å². The molecule has 0 bridgehead atoms. The van der Waals surface area contributed by atoms with Crippen LogP contribution >= 0.6 is 0 Å². The first kappa shape index (κ1) is 34.1. The normalized spacial score (nSPS) is 18.0. The molecule has 1 amide bonds. The van der Waals surface area contributed by atoms with E-state index in [0.29, 0.717) is 44.6 Å². The third kappa shape index (κ3) is 7.50. The number of rotatable bonds is 8. The van der Waals surface area contributed by atoms with E-state index in [-0.39, 0.29) is 52.1 Å². The number of piperidine rings is 1. The van der Waals surface area contributed by atoms with Crippen molar-refractivity contribution in [3.05, 3.63) is 58.4 Å². The number of carbonyl (C=O) groups is 1. The lowest BCUT2D eigenvalue weighted by molar-refractivity contribution is -0.0487. The summed E-state index contributed by atoms with van der Waals surface area (Å²) >= 11 is 0. The van der Waals surface area contributed by atoms with Gasteiger partial charge in [0.25, 0.3) is 5.56 Å². The van der Waals surface area contributed by atoms with Gasteiger partial charge in [-0.05, 0) is 70.4 Å². The van der Waals surface area contributed by atoms with E-state index in [2.05, 4.69) is 9.71 Å². The molecule has 13 nitrogen and oxygen atoms in total. The van der Waals surface area contributed by atoms with Crippen LogP contribution in [0.25, 0.3) is 10.9 Å². The minimum absolute atomic E-state index is 0.0463. The first-order valence-electron chi connectivity index (χ1n) is 15.4. The molecule has 3 aromatic rings. The number of nitrogens with one attached hydrogen (secondary N) is 1. The SMILES string of the molecule is CCN(C)S(=O)(=O)Nc1ccc(F)c(Oc2ccc3ncn(CC4COC5(CCN(C(=O)OC(C)(C)C)CC5)C4)c(=O)c3c2)c1C#N. The summed E-state index contributed by atoms with van der Waals surface area (Å²) in [5.41, 5.74) is -1.36. The van der Waals surface area contributed by atoms with Gasteiger partial charge in [-0.1, -0.05) is 6.92 Å². The Morgan fingerprint density at radius 1 is 1.26 bits per heavy atom. The van der Waals surface area contributed by atoms with Crippen LogP contribution in [0.3, 0.4) is 0 Å². The fraction of sp³-hybridized carbons (Fsp3) is 0.500. The number of benzene rings is 2. The Balaban J connectivity index is 1.31. The van der Waals surface area contributed by atoms with Crippen LogP contribution in [0.1, 0.15) is 52.5 Å². The number of nitrogens with zero attached hydrogens (tertiary/aromatic N) is 5. The van der Waals surface area contributed by atoms with Crippen molar-refractivity contribution in [2.45, 2.75) is 64.7 Å². The quantitative estimate of drug-likeness (QED) is 0.362. The van der Waals surface area contributed by atoms with Crippen molar-refractivity contribution in [3.63, 3.8) is 0 Å². The molecule has 2 aromatic carbocycles. The maximum absolute atomic E-state index is 14.9. The molecule has 0 radical (unpaired) electrons. The summed E-state index contributed by atoms with van der Waals surface area (Å²) in [5.74, 6) is -1.26. The number of anilines is 1. The van der Waals surface area contributed by atoms with E-state index in [1.807, 2.05) is 26.8 Å². The number of hydrogen-bond donors (Lipinski definition) is 1. The van der Waals surface area contributed by atoms with Crippen molar-refractivity contribution in [2.24, 2.45) is 5.92 Å². The van der Waals surface area contributed by atoms with Gasteiger partial charge in [-0.3, -0.25) is 14.1 Å². The molecule has 1 spiro atoms. The molecule has 0 saturated carbocycles. The van der Waals surface area contributed by atoms with Gasteiger partial charge >= 0.3 is 16.3 Å². The minimum Gasteiger partial charge on any atom is -0.453 e. The zero-order valence-electron chi connectivity index (χ0n) is 27.1. The van der Waals surface area contributed by atoms with Gasteiger partial charge in [-0.25, -0.2) is 14.2 Å². The first-order chi connectivity index (χ1) is 22.1. The molecule has 5 rings (SSSR count). The maximum atomic E-state index is 14.9. The first-order valence-corrected chi connectivity index (χ1v) is 16.8. The van der Waals surface area contributed by atoms with Crippen molar-refractivity contribution >= 4 is 32.9 Å². The summed E-state index contributed by atoms with van der Waals surface area (Å²) in [5, 5.41) is 10.0. The van der Waals surface area contributed by atoms with Crippen LogP contribution in [0.5, 0.6) is 11.5 Å². The lowest BCUT2D eigenvalue weighted by Gasteiger charge is -2.39. The molecule has 47 heavy (non-hydrogen) atoms. The highest BCUT2D eigenvalue weighted by Crippen LogP contribution is 2.39. The highest BCUT2D eigenvalue weighted by molar-refractivity contribution is 7.90. The third-order valence-corrected chi connectivity index (χ3v) is 9.96. The van der Waals surface area contributed by atoms with E-state index in [0.717, 1.165) is 22.9 Å². The molecular formula is C32H39FN6O7S. The molecule has 2 aliphatic rings. The van der Waals surface area contributed by atoms with Crippen molar-refractivity contribution in [1.29, 1.82) is 5.26 Å². The summed E-state index contributed by atoms with van der Waals surface area (Å²) in [6.45, 7) is 9.21. The van der Waals surface area contributed by atoms with Crippen LogP contribution in [-0.4, -0.2) is 77.8 Å². The highest BCUT2D eigenvalue weighted by atomic mass is 32.2. The van der Waals surface area contributed by atoms with Crippen LogP contribution in [0, 0.1) is 23.1 Å². The monoisotopic (exact) mass is 670 g/mol. The van der Waals surface area contributed by atoms with E-state index in [4.69, 9.17) is 14.2 Å². The molecule has 1 N–H and O–H groups in total. The van der Waals surface area contributed by atoms with Crippen LogP contribution in [0.4, 0.5) is 14.9 Å². The van der Waals surface area contributed by atoms with Gasteiger partial charge in [0.2, 0.25) is 0 Å². The molecule has 252 valence electrons. The summed E-state index contributed by atoms with van der Waals surface area (Å²) in [4.78, 5) is 32.2. The average Bonchev–Trinajstić information content (AvgIpc) is 3.40. The van der Waals surface area contributed by atoms with Crippen molar-refractivity contribution in [2.75, 3.05) is 38.0 Å². The van der Waals surface area contributed by atoms with Crippen LogP contribution in [0.2, 0.25) is 0 Å². The molecule has 0 aliphatic carbocycles. The fourth-order valence-electron chi connectivity index (χ4n) is 5.80.